The van der Waals surface area contributed by atoms with Crippen LogP contribution < -0.4 is 25.4 Å². The number of benzene rings is 2. The van der Waals surface area contributed by atoms with Gasteiger partial charge in [0.15, 0.2) is 11.5 Å². The summed E-state index contributed by atoms with van der Waals surface area (Å²) >= 11 is 0. The average molecular weight is 472 g/mol. The SMILES string of the molecule is C[C@H](Cc1cc2c(c(C(N)=O)c1)N(CCCO)CC2)NCCOc1ccc(F)cc1OC1CC1. The molecule has 0 unspecified atom stereocenters. The highest BCUT2D eigenvalue weighted by Gasteiger charge is 2.26. The van der Waals surface area contributed by atoms with Gasteiger partial charge in [-0.1, -0.05) is 6.07 Å². The van der Waals surface area contributed by atoms with E-state index in [2.05, 4.69) is 23.2 Å². The van der Waals surface area contributed by atoms with E-state index in [1.165, 1.54) is 12.1 Å². The lowest BCUT2D eigenvalue weighted by Gasteiger charge is -2.22. The first-order valence-corrected chi connectivity index (χ1v) is 12.1. The number of halogens is 1. The Kier molecular flexibility index (Phi) is 7.90. The zero-order valence-corrected chi connectivity index (χ0v) is 19.7. The molecule has 1 atom stereocenters. The Bertz CT molecular complexity index is 1010. The number of primary amides is 1. The first kappa shape index (κ1) is 24.3. The molecule has 4 N–H and O–H groups in total. The van der Waals surface area contributed by atoms with Crippen molar-refractivity contribution in [2.24, 2.45) is 5.73 Å². The number of amides is 1. The lowest BCUT2D eigenvalue weighted by atomic mass is 9.98. The quantitative estimate of drug-likeness (QED) is 0.389. The third kappa shape index (κ3) is 6.18. The van der Waals surface area contributed by atoms with E-state index < -0.39 is 5.91 Å². The maximum atomic E-state index is 13.6. The molecule has 2 aromatic carbocycles. The van der Waals surface area contributed by atoms with Gasteiger partial charge in [0.25, 0.3) is 5.91 Å². The number of anilines is 1. The van der Waals surface area contributed by atoms with Gasteiger partial charge in [-0.15, -0.1) is 0 Å². The summed E-state index contributed by atoms with van der Waals surface area (Å²) in [7, 11) is 0. The van der Waals surface area contributed by atoms with Crippen LogP contribution >= 0.6 is 0 Å². The summed E-state index contributed by atoms with van der Waals surface area (Å²) in [5.74, 6) is 0.251. The second-order valence-electron chi connectivity index (χ2n) is 9.15. The standard InChI is InChI=1S/C26H34FN3O4/c1-17(29-8-12-33-23-6-3-20(27)16-24(23)34-21-4-5-21)13-18-14-19-7-10-30(9-2-11-31)25(19)22(15-18)26(28)32/h3,6,14-17,21,29,31H,2,4-5,7-13H2,1H3,(H2,28,32)/t17-/m1/s1. The van der Waals surface area contributed by atoms with Gasteiger partial charge in [0, 0.05) is 38.3 Å². The first-order valence-electron chi connectivity index (χ1n) is 12.1. The predicted molar refractivity (Wildman–Crippen MR) is 129 cm³/mol. The van der Waals surface area contributed by atoms with E-state index in [4.69, 9.17) is 20.3 Å². The number of ether oxygens (including phenoxy) is 2. The summed E-state index contributed by atoms with van der Waals surface area (Å²) in [6.07, 6.45) is 4.44. The number of carbonyl (C=O) groups is 1. The molecule has 7 nitrogen and oxygen atoms in total. The summed E-state index contributed by atoms with van der Waals surface area (Å²) in [6, 6.07) is 8.57. The number of carbonyl (C=O) groups excluding carboxylic acids is 1. The van der Waals surface area contributed by atoms with Crippen LogP contribution in [0.1, 0.15) is 47.7 Å². The van der Waals surface area contributed by atoms with Gasteiger partial charge in [-0.3, -0.25) is 4.79 Å². The highest BCUT2D eigenvalue weighted by molar-refractivity contribution is 6.00. The number of aliphatic hydroxyl groups excluding tert-OH is 1. The number of nitrogens with one attached hydrogen (secondary N) is 1. The molecule has 184 valence electrons. The highest BCUT2D eigenvalue weighted by Crippen LogP contribution is 2.35. The minimum atomic E-state index is -0.425. The van der Waals surface area contributed by atoms with Gasteiger partial charge in [-0.05, 0) is 68.4 Å². The molecule has 1 amide bonds. The van der Waals surface area contributed by atoms with Crippen molar-refractivity contribution in [3.63, 3.8) is 0 Å². The lowest BCUT2D eigenvalue weighted by Crippen LogP contribution is -2.32. The number of nitrogens with two attached hydrogens (primary N) is 1. The van der Waals surface area contributed by atoms with Crippen molar-refractivity contribution in [1.82, 2.24) is 5.32 Å². The van der Waals surface area contributed by atoms with E-state index in [-0.39, 0.29) is 24.6 Å². The van der Waals surface area contributed by atoms with E-state index >= 15 is 0 Å². The Hall–Kier alpha value is -2.84. The molecular weight excluding hydrogens is 437 g/mol. The largest absolute Gasteiger partial charge is 0.488 e. The van der Waals surface area contributed by atoms with Crippen LogP contribution in [0.15, 0.2) is 30.3 Å². The molecule has 1 heterocycles. The molecule has 0 saturated heterocycles. The van der Waals surface area contributed by atoms with Crippen molar-refractivity contribution < 1.29 is 23.8 Å². The van der Waals surface area contributed by atoms with Gasteiger partial charge < -0.3 is 30.5 Å². The Labute approximate surface area is 200 Å². The Morgan fingerprint density at radius 2 is 2.12 bits per heavy atom. The van der Waals surface area contributed by atoms with Crippen molar-refractivity contribution in [3.8, 4) is 11.5 Å². The number of nitrogens with zero attached hydrogens (tertiary/aromatic N) is 1. The molecule has 2 aliphatic rings. The molecule has 4 rings (SSSR count). The third-order valence-electron chi connectivity index (χ3n) is 6.19. The van der Waals surface area contributed by atoms with Gasteiger partial charge in [0.1, 0.15) is 12.4 Å². The highest BCUT2D eigenvalue weighted by atomic mass is 19.1. The minimum Gasteiger partial charge on any atom is -0.488 e. The van der Waals surface area contributed by atoms with E-state index in [9.17, 15) is 9.18 Å². The number of aliphatic hydroxyl groups is 1. The second kappa shape index (κ2) is 11.1. The summed E-state index contributed by atoms with van der Waals surface area (Å²) in [5, 5.41) is 12.6. The summed E-state index contributed by atoms with van der Waals surface area (Å²) in [6.45, 7) is 4.79. The van der Waals surface area contributed by atoms with Crippen molar-refractivity contribution in [1.29, 1.82) is 0 Å². The van der Waals surface area contributed by atoms with Crippen LogP contribution in [0.3, 0.4) is 0 Å². The van der Waals surface area contributed by atoms with Gasteiger partial charge in [0.2, 0.25) is 0 Å². The zero-order chi connectivity index (χ0) is 24.1. The fourth-order valence-corrected chi connectivity index (χ4v) is 4.43. The van der Waals surface area contributed by atoms with Crippen LogP contribution in [0.2, 0.25) is 0 Å². The summed E-state index contributed by atoms with van der Waals surface area (Å²) in [5.41, 5.74) is 9.38. The van der Waals surface area contributed by atoms with Gasteiger partial charge in [-0.25, -0.2) is 4.39 Å². The Balaban J connectivity index is 1.31. The van der Waals surface area contributed by atoms with Crippen molar-refractivity contribution in [2.75, 3.05) is 37.7 Å². The van der Waals surface area contributed by atoms with Crippen LogP contribution in [0.5, 0.6) is 11.5 Å². The zero-order valence-electron chi connectivity index (χ0n) is 19.7. The molecule has 0 aromatic heterocycles. The Morgan fingerprint density at radius 1 is 1.29 bits per heavy atom. The minimum absolute atomic E-state index is 0.124. The smallest absolute Gasteiger partial charge is 0.250 e. The molecule has 1 aliphatic carbocycles. The normalized spacial score (nSPS) is 15.8. The molecular formula is C26H34FN3O4. The maximum Gasteiger partial charge on any atom is 0.250 e. The summed E-state index contributed by atoms with van der Waals surface area (Å²) < 4.78 is 25.2. The molecule has 34 heavy (non-hydrogen) atoms. The summed E-state index contributed by atoms with van der Waals surface area (Å²) in [4.78, 5) is 14.3. The number of fused-ring (bicyclic) bond motifs is 1. The molecule has 2 aromatic rings. The third-order valence-corrected chi connectivity index (χ3v) is 6.19. The van der Waals surface area contributed by atoms with E-state index in [0.717, 1.165) is 49.0 Å². The number of hydrogen-bond donors (Lipinski definition) is 3. The predicted octanol–water partition coefficient (Wildman–Crippen LogP) is 2.81. The molecule has 1 fully saturated rings. The average Bonchev–Trinajstić information content (AvgIpc) is 3.53. The molecule has 1 saturated carbocycles. The van der Waals surface area contributed by atoms with Crippen LogP contribution in [0.4, 0.5) is 10.1 Å². The topological polar surface area (TPSA) is 97.1 Å². The fourth-order valence-electron chi connectivity index (χ4n) is 4.43. The molecule has 1 aliphatic heterocycles. The van der Waals surface area contributed by atoms with Crippen LogP contribution in [-0.4, -0.2) is 56.0 Å². The number of rotatable bonds is 13. The molecule has 0 spiro atoms. The van der Waals surface area contributed by atoms with Crippen LogP contribution in [0, 0.1) is 5.82 Å². The van der Waals surface area contributed by atoms with Crippen molar-refractivity contribution in [2.45, 2.75) is 51.2 Å². The van der Waals surface area contributed by atoms with E-state index in [1.807, 2.05) is 6.07 Å². The Morgan fingerprint density at radius 3 is 2.85 bits per heavy atom. The van der Waals surface area contributed by atoms with Crippen LogP contribution in [-0.2, 0) is 12.8 Å². The van der Waals surface area contributed by atoms with Crippen molar-refractivity contribution >= 4 is 11.6 Å². The van der Waals surface area contributed by atoms with E-state index in [1.54, 1.807) is 6.07 Å². The van der Waals surface area contributed by atoms with Gasteiger partial charge in [-0.2, -0.15) is 0 Å². The van der Waals surface area contributed by atoms with Crippen molar-refractivity contribution in [3.05, 3.63) is 52.8 Å². The molecule has 0 bridgehead atoms. The van der Waals surface area contributed by atoms with Gasteiger partial charge in [0.05, 0.1) is 17.4 Å². The lowest BCUT2D eigenvalue weighted by molar-refractivity contribution is 0.100. The number of hydrogen-bond acceptors (Lipinski definition) is 6. The second-order valence-corrected chi connectivity index (χ2v) is 9.15. The monoisotopic (exact) mass is 471 g/mol. The first-order chi connectivity index (χ1) is 16.4. The maximum absolute atomic E-state index is 13.6. The van der Waals surface area contributed by atoms with E-state index in [0.29, 0.717) is 43.2 Å². The fraction of sp³-hybridized carbons (Fsp3) is 0.500. The van der Waals surface area contributed by atoms with Gasteiger partial charge >= 0.3 is 0 Å². The molecule has 8 heteroatoms. The van der Waals surface area contributed by atoms with Crippen LogP contribution in [0.25, 0.3) is 0 Å². The molecule has 0 radical (unpaired) electrons.